The van der Waals surface area contributed by atoms with Gasteiger partial charge in [0.1, 0.15) is 17.8 Å². The first-order chi connectivity index (χ1) is 19.5. The molecule has 3 fully saturated rings. The minimum absolute atomic E-state index is 0.0854. The molecule has 1 aliphatic carbocycles. The predicted octanol–water partition coefficient (Wildman–Crippen LogP) is 5.69. The van der Waals surface area contributed by atoms with Crippen molar-refractivity contribution in [3.63, 3.8) is 0 Å². The Morgan fingerprint density at radius 2 is 2.00 bits per heavy atom. The number of aromatic nitrogens is 2. The van der Waals surface area contributed by atoms with Crippen LogP contribution in [-0.2, 0) is 36.2 Å². The maximum atomic E-state index is 13.6. The molecule has 4 aliphatic heterocycles. The second-order valence-corrected chi connectivity index (χ2v) is 12.6. The lowest BCUT2D eigenvalue weighted by molar-refractivity contribution is -0.0854. The van der Waals surface area contributed by atoms with Crippen molar-refractivity contribution in [2.24, 2.45) is 5.92 Å². The number of hydrogen-bond acceptors (Lipinski definition) is 6. The lowest BCUT2D eigenvalue weighted by Crippen LogP contribution is -2.41. The van der Waals surface area contributed by atoms with Crippen LogP contribution >= 0.6 is 0 Å². The van der Waals surface area contributed by atoms with Gasteiger partial charge in [0.05, 0.1) is 24.6 Å². The molecule has 0 bridgehead atoms. The van der Waals surface area contributed by atoms with Crippen LogP contribution in [0, 0.1) is 5.92 Å². The number of fused-ring (bicyclic) bond motifs is 4. The zero-order chi connectivity index (χ0) is 27.7. The molecule has 7 rings (SSSR count). The van der Waals surface area contributed by atoms with Gasteiger partial charge in [-0.25, -0.2) is 14.4 Å². The summed E-state index contributed by atoms with van der Waals surface area (Å²) in [5, 5.41) is 0. The van der Waals surface area contributed by atoms with Crippen LogP contribution in [0.5, 0.6) is 0 Å². The van der Waals surface area contributed by atoms with Crippen molar-refractivity contribution < 1.29 is 13.5 Å². The minimum atomic E-state index is -0.518. The van der Waals surface area contributed by atoms with E-state index in [1.165, 1.54) is 24.0 Å². The zero-order valence-corrected chi connectivity index (χ0v) is 24.0. The summed E-state index contributed by atoms with van der Waals surface area (Å²) in [6.07, 6.45) is 10.6. The van der Waals surface area contributed by atoms with Gasteiger partial charge in [-0.05, 0) is 81.2 Å². The first-order valence-corrected chi connectivity index (χ1v) is 15.6. The molecule has 3 saturated heterocycles. The Morgan fingerprint density at radius 1 is 1.10 bits per heavy atom. The number of anilines is 2. The highest BCUT2D eigenvalue weighted by molar-refractivity contribution is 5.53. The van der Waals surface area contributed by atoms with Crippen LogP contribution < -0.4 is 10.6 Å². The van der Waals surface area contributed by atoms with Crippen molar-refractivity contribution in [3.05, 3.63) is 46.4 Å². The molecular weight excluding hydrogens is 508 g/mol. The quantitative estimate of drug-likeness (QED) is 0.493. The van der Waals surface area contributed by atoms with E-state index < -0.39 is 6.17 Å². The van der Waals surface area contributed by atoms with E-state index >= 15 is 0 Å². The maximum Gasteiger partial charge on any atom is 0.138 e. The van der Waals surface area contributed by atoms with Gasteiger partial charge in [0.15, 0.2) is 0 Å². The number of ether oxygens (including phenoxy) is 1. The fourth-order valence-electron chi connectivity index (χ4n) is 7.66. The fraction of sp³-hybridized carbons (Fsp3) is 0.688. The van der Waals surface area contributed by atoms with Crippen molar-refractivity contribution in [1.29, 1.82) is 0 Å². The number of benzene rings is 1. The Bertz CT molecular complexity index is 1180. The monoisotopic (exact) mass is 553 g/mol. The third-order valence-electron chi connectivity index (χ3n) is 9.78. The Kier molecular flexibility index (Phi) is 8.27. The molecule has 5 heterocycles. The lowest BCUT2D eigenvalue weighted by Gasteiger charge is -2.43. The van der Waals surface area contributed by atoms with Gasteiger partial charge >= 0.3 is 0 Å². The van der Waals surface area contributed by atoms with Gasteiger partial charge in [0.2, 0.25) is 0 Å². The van der Waals surface area contributed by atoms with Crippen LogP contribution in [0.1, 0.15) is 86.5 Å². The van der Waals surface area contributed by atoms with E-state index in [2.05, 4.69) is 28.9 Å². The normalized spacial score (nSPS) is 29.8. The molecule has 4 unspecified atom stereocenters. The standard InChI is InChI=1S/C25H33FN4O.C7H12FN/c1-2-23-28-22-13-25(10-5-7-18-8-9-19(27)12-21(18)25)31-16-20(22)24(29-23)30-11-4-3-6-17(14-26)15-30;8-6-4-7-2-1-3-9(7)5-6/h8-9,12,17H,2-7,10-11,13-16,27H2,1H3;6-7H,1-5H2. The number of aryl methyl sites for hydroxylation is 2. The Morgan fingerprint density at radius 3 is 2.83 bits per heavy atom. The molecule has 1 aromatic carbocycles. The molecule has 0 radical (unpaired) electrons. The number of rotatable bonds is 3. The van der Waals surface area contributed by atoms with E-state index in [1.807, 2.05) is 6.07 Å². The van der Waals surface area contributed by atoms with E-state index in [4.69, 9.17) is 20.4 Å². The molecular formula is C32H45F2N5O. The number of alkyl halides is 2. The van der Waals surface area contributed by atoms with Crippen LogP contribution in [0.2, 0.25) is 0 Å². The number of nitrogen functional groups attached to an aromatic ring is 1. The van der Waals surface area contributed by atoms with Crippen LogP contribution in [0.25, 0.3) is 0 Å². The summed E-state index contributed by atoms with van der Waals surface area (Å²) in [6, 6.07) is 6.86. The average Bonchev–Trinajstić information content (AvgIpc) is 3.45. The molecule has 0 saturated carbocycles. The molecule has 2 aromatic rings. The van der Waals surface area contributed by atoms with Crippen LogP contribution in [-0.4, -0.2) is 59.9 Å². The minimum Gasteiger partial charge on any atom is -0.399 e. The van der Waals surface area contributed by atoms with Gasteiger partial charge in [-0.1, -0.05) is 19.4 Å². The van der Waals surface area contributed by atoms with Crippen molar-refractivity contribution >= 4 is 11.5 Å². The van der Waals surface area contributed by atoms with Crippen LogP contribution in [0.15, 0.2) is 18.2 Å². The predicted molar refractivity (Wildman–Crippen MR) is 155 cm³/mol. The summed E-state index contributed by atoms with van der Waals surface area (Å²) in [5.74, 6) is 1.93. The highest BCUT2D eigenvalue weighted by atomic mass is 19.1. The van der Waals surface area contributed by atoms with E-state index in [-0.39, 0.29) is 18.2 Å². The van der Waals surface area contributed by atoms with Gasteiger partial charge in [-0.2, -0.15) is 0 Å². The molecule has 218 valence electrons. The highest BCUT2D eigenvalue weighted by Gasteiger charge is 2.43. The molecule has 8 heteroatoms. The summed E-state index contributed by atoms with van der Waals surface area (Å²) in [7, 11) is 0. The zero-order valence-electron chi connectivity index (χ0n) is 24.0. The number of nitrogens with two attached hydrogens (primary N) is 1. The topological polar surface area (TPSA) is 67.5 Å². The van der Waals surface area contributed by atoms with Crippen LogP contribution in [0.3, 0.4) is 0 Å². The summed E-state index contributed by atoms with van der Waals surface area (Å²) in [6.45, 7) is 5.85. The average molecular weight is 554 g/mol. The molecule has 1 spiro atoms. The van der Waals surface area contributed by atoms with Gasteiger partial charge in [0, 0.05) is 55.7 Å². The summed E-state index contributed by atoms with van der Waals surface area (Å²) < 4.78 is 32.8. The Hall–Kier alpha value is -2.32. The smallest absolute Gasteiger partial charge is 0.138 e. The first-order valence-electron chi connectivity index (χ1n) is 15.6. The first kappa shape index (κ1) is 27.8. The van der Waals surface area contributed by atoms with Crippen molar-refractivity contribution in [2.75, 3.05) is 43.5 Å². The second kappa shape index (κ2) is 11.9. The number of hydrogen-bond donors (Lipinski definition) is 1. The molecule has 6 nitrogen and oxygen atoms in total. The largest absolute Gasteiger partial charge is 0.399 e. The third-order valence-corrected chi connectivity index (χ3v) is 9.78. The molecule has 2 N–H and O–H groups in total. The third kappa shape index (κ3) is 5.58. The summed E-state index contributed by atoms with van der Waals surface area (Å²) in [5.41, 5.74) is 11.4. The molecule has 0 amide bonds. The highest BCUT2D eigenvalue weighted by Crippen LogP contribution is 2.46. The fourth-order valence-corrected chi connectivity index (χ4v) is 7.66. The van der Waals surface area contributed by atoms with Crippen molar-refractivity contribution in [2.45, 2.75) is 102 Å². The van der Waals surface area contributed by atoms with E-state index in [1.54, 1.807) is 0 Å². The van der Waals surface area contributed by atoms with Crippen molar-refractivity contribution in [3.8, 4) is 0 Å². The summed E-state index contributed by atoms with van der Waals surface area (Å²) >= 11 is 0. The summed E-state index contributed by atoms with van der Waals surface area (Å²) in [4.78, 5) is 14.5. The molecule has 4 atom stereocenters. The molecule has 40 heavy (non-hydrogen) atoms. The van der Waals surface area contributed by atoms with Crippen molar-refractivity contribution in [1.82, 2.24) is 14.9 Å². The lowest BCUT2D eigenvalue weighted by atomic mass is 9.74. The van der Waals surface area contributed by atoms with Gasteiger partial charge in [-0.15, -0.1) is 0 Å². The van der Waals surface area contributed by atoms with Gasteiger partial charge in [-0.3, -0.25) is 9.29 Å². The van der Waals surface area contributed by atoms with E-state index in [0.29, 0.717) is 19.2 Å². The Balaban J connectivity index is 0.000000271. The Labute approximate surface area is 237 Å². The van der Waals surface area contributed by atoms with Crippen LogP contribution in [0.4, 0.5) is 20.3 Å². The SMILES string of the molecule is CCc1nc2c(c(N3CCCCC(CF)C3)n1)COC1(CCCc3ccc(N)cc31)C2.FC1CC2CCCN2C1. The van der Waals surface area contributed by atoms with E-state index in [0.717, 1.165) is 106 Å². The number of halogens is 2. The maximum absolute atomic E-state index is 13.6. The molecule has 1 aromatic heterocycles. The molecule has 5 aliphatic rings. The second-order valence-electron chi connectivity index (χ2n) is 12.6. The number of nitrogens with zero attached hydrogens (tertiary/aromatic N) is 4. The van der Waals surface area contributed by atoms with Gasteiger partial charge in [0.25, 0.3) is 0 Å². The van der Waals surface area contributed by atoms with E-state index in [9.17, 15) is 8.78 Å². The van der Waals surface area contributed by atoms with Gasteiger partial charge < -0.3 is 15.4 Å².